The first kappa shape index (κ1) is 21.6. The van der Waals surface area contributed by atoms with E-state index in [2.05, 4.69) is 5.32 Å². The highest BCUT2D eigenvalue weighted by Crippen LogP contribution is 2.10. The lowest BCUT2D eigenvalue weighted by molar-refractivity contribution is -0.138. The monoisotopic (exact) mass is 329 g/mol. The van der Waals surface area contributed by atoms with Crippen molar-refractivity contribution < 1.29 is 24.6 Å². The molecule has 23 heavy (non-hydrogen) atoms. The van der Waals surface area contributed by atoms with Crippen LogP contribution in [0.3, 0.4) is 0 Å². The fourth-order valence-corrected chi connectivity index (χ4v) is 2.42. The first-order valence-corrected chi connectivity index (χ1v) is 8.68. The van der Waals surface area contributed by atoms with Gasteiger partial charge < -0.3 is 20.3 Å². The van der Waals surface area contributed by atoms with Gasteiger partial charge in [0, 0.05) is 12.8 Å². The normalized spacial score (nSPS) is 12.0. The van der Waals surface area contributed by atoms with Gasteiger partial charge in [-0.25, -0.2) is 0 Å². The molecule has 0 aromatic heterocycles. The van der Waals surface area contributed by atoms with Crippen LogP contribution in [-0.2, 0) is 14.4 Å². The maximum atomic E-state index is 10.8. The highest BCUT2D eigenvalue weighted by atomic mass is 16.4. The van der Waals surface area contributed by atoms with Gasteiger partial charge in [-0.05, 0) is 25.8 Å². The van der Waals surface area contributed by atoms with E-state index in [0.29, 0.717) is 6.42 Å². The molecule has 1 unspecified atom stereocenters. The molecule has 0 aliphatic rings. The molecule has 0 rings (SSSR count). The molecule has 0 aromatic carbocycles. The molecule has 0 aliphatic carbocycles. The molecular formula is C17H31NO5. The zero-order chi connectivity index (χ0) is 17.3. The topological polar surface area (TPSA) is 104 Å². The smallest absolute Gasteiger partial charge is 0.303 e. The number of carboxylic acids is 2. The Bertz CT molecular complexity index is 333. The number of hydrogen-bond donors (Lipinski definition) is 3. The zero-order valence-electron chi connectivity index (χ0n) is 14.0. The zero-order valence-corrected chi connectivity index (χ0v) is 14.0. The number of hydrogen-bond acceptors (Lipinski definition) is 4. The predicted octanol–water partition coefficient (Wildman–Crippen LogP) is 2.99. The first-order chi connectivity index (χ1) is 11.1. The van der Waals surface area contributed by atoms with Gasteiger partial charge >= 0.3 is 11.9 Å². The van der Waals surface area contributed by atoms with Gasteiger partial charge in [0.1, 0.15) is 6.29 Å². The lowest BCUT2D eigenvalue weighted by atomic mass is 10.1. The summed E-state index contributed by atoms with van der Waals surface area (Å²) in [6.07, 6.45) is 11.1. The minimum absolute atomic E-state index is 0.0167. The first-order valence-electron chi connectivity index (χ1n) is 8.68. The summed E-state index contributed by atoms with van der Waals surface area (Å²) < 4.78 is 0. The van der Waals surface area contributed by atoms with E-state index in [1.54, 1.807) is 0 Å². The van der Waals surface area contributed by atoms with Gasteiger partial charge in [-0.2, -0.15) is 0 Å². The number of aliphatic carboxylic acids is 2. The van der Waals surface area contributed by atoms with Gasteiger partial charge in [-0.1, -0.05) is 44.9 Å². The van der Waals surface area contributed by atoms with Crippen LogP contribution in [0.4, 0.5) is 0 Å². The number of carbonyl (C=O) groups is 3. The molecule has 0 bridgehead atoms. The van der Waals surface area contributed by atoms with Gasteiger partial charge in [0.25, 0.3) is 0 Å². The van der Waals surface area contributed by atoms with Crippen LogP contribution < -0.4 is 5.32 Å². The van der Waals surface area contributed by atoms with E-state index < -0.39 is 11.9 Å². The quantitative estimate of drug-likeness (QED) is 0.280. The summed E-state index contributed by atoms with van der Waals surface area (Å²) in [6, 6.07) is -0.350. The van der Waals surface area contributed by atoms with Crippen LogP contribution in [0.1, 0.15) is 77.0 Å². The van der Waals surface area contributed by atoms with E-state index in [-0.39, 0.29) is 18.9 Å². The summed E-state index contributed by atoms with van der Waals surface area (Å²) in [6.45, 7) is 0.748. The Morgan fingerprint density at radius 1 is 0.783 bits per heavy atom. The van der Waals surface area contributed by atoms with Crippen molar-refractivity contribution in [1.82, 2.24) is 5.32 Å². The van der Waals surface area contributed by atoms with Crippen LogP contribution in [0.2, 0.25) is 0 Å². The van der Waals surface area contributed by atoms with Crippen LogP contribution in [0.25, 0.3) is 0 Å². The van der Waals surface area contributed by atoms with Crippen molar-refractivity contribution in [3.8, 4) is 0 Å². The number of carboxylic acid groups (broad SMARTS) is 2. The van der Waals surface area contributed by atoms with E-state index in [9.17, 15) is 14.4 Å². The van der Waals surface area contributed by atoms with E-state index in [1.807, 2.05) is 0 Å². The fraction of sp³-hybridized carbons (Fsp3) is 0.824. The molecule has 6 heteroatoms. The summed E-state index contributed by atoms with van der Waals surface area (Å²) >= 11 is 0. The average Bonchev–Trinajstić information content (AvgIpc) is 2.50. The predicted molar refractivity (Wildman–Crippen MR) is 88.5 cm³/mol. The summed E-state index contributed by atoms with van der Waals surface area (Å²) in [5.74, 6) is -1.58. The number of aldehydes is 1. The van der Waals surface area contributed by atoms with Crippen molar-refractivity contribution in [2.75, 3.05) is 6.54 Å². The molecule has 134 valence electrons. The maximum Gasteiger partial charge on any atom is 0.303 e. The minimum atomic E-state index is -0.874. The van der Waals surface area contributed by atoms with Crippen LogP contribution in [0.15, 0.2) is 0 Å². The van der Waals surface area contributed by atoms with Crippen LogP contribution in [-0.4, -0.2) is 41.0 Å². The molecule has 0 saturated heterocycles. The third kappa shape index (κ3) is 16.8. The Hall–Kier alpha value is -1.43. The summed E-state index contributed by atoms with van der Waals surface area (Å²) in [7, 11) is 0. The molecule has 1 atom stereocenters. The average molecular weight is 329 g/mol. The van der Waals surface area contributed by atoms with E-state index in [4.69, 9.17) is 10.2 Å². The number of rotatable bonds is 17. The van der Waals surface area contributed by atoms with Crippen molar-refractivity contribution in [3.63, 3.8) is 0 Å². The van der Waals surface area contributed by atoms with Crippen molar-refractivity contribution in [1.29, 1.82) is 0 Å². The highest BCUT2D eigenvalue weighted by molar-refractivity contribution is 5.68. The van der Waals surface area contributed by atoms with E-state index >= 15 is 0 Å². The molecule has 0 radical (unpaired) electrons. The fourth-order valence-electron chi connectivity index (χ4n) is 2.42. The van der Waals surface area contributed by atoms with Gasteiger partial charge in [0.2, 0.25) is 0 Å². The molecule has 6 nitrogen and oxygen atoms in total. The molecule has 3 N–H and O–H groups in total. The Morgan fingerprint density at radius 3 is 1.74 bits per heavy atom. The van der Waals surface area contributed by atoms with Crippen LogP contribution >= 0.6 is 0 Å². The van der Waals surface area contributed by atoms with Crippen molar-refractivity contribution >= 4 is 18.2 Å². The Kier molecular flexibility index (Phi) is 14.5. The molecule has 0 fully saturated rings. The Balaban J connectivity index is 3.27. The van der Waals surface area contributed by atoms with E-state index in [1.165, 1.54) is 19.3 Å². The number of nitrogens with one attached hydrogen (secondary N) is 1. The van der Waals surface area contributed by atoms with Gasteiger partial charge in [0.15, 0.2) is 0 Å². The van der Waals surface area contributed by atoms with Crippen molar-refractivity contribution in [2.45, 2.75) is 83.1 Å². The molecule has 0 saturated carbocycles. The van der Waals surface area contributed by atoms with Gasteiger partial charge in [-0.3, -0.25) is 9.59 Å². The molecule has 0 aromatic rings. The van der Waals surface area contributed by atoms with Gasteiger partial charge in [0.05, 0.1) is 6.04 Å². The largest absolute Gasteiger partial charge is 0.481 e. The lowest BCUT2D eigenvalue weighted by Gasteiger charge is -2.11. The second kappa shape index (κ2) is 15.5. The second-order valence-electron chi connectivity index (χ2n) is 5.95. The van der Waals surface area contributed by atoms with Crippen molar-refractivity contribution in [3.05, 3.63) is 0 Å². The van der Waals surface area contributed by atoms with Crippen LogP contribution in [0.5, 0.6) is 0 Å². The molecule has 0 amide bonds. The Morgan fingerprint density at radius 2 is 1.26 bits per heavy atom. The summed E-state index contributed by atoms with van der Waals surface area (Å²) in [5, 5.41) is 20.2. The standard InChI is InChI=1S/C17H31NO5/c19-14-15(11-12-17(22)23)18-13-9-7-5-3-1-2-4-6-8-10-16(20)21/h14-15,18H,1-13H2,(H,20,21)(H,22,23). The number of carbonyl (C=O) groups excluding carboxylic acids is 1. The Labute approximate surface area is 138 Å². The molecule has 0 aliphatic heterocycles. The van der Waals surface area contributed by atoms with E-state index in [0.717, 1.165) is 51.4 Å². The third-order valence-electron chi connectivity index (χ3n) is 3.81. The summed E-state index contributed by atoms with van der Waals surface area (Å²) in [5.41, 5.74) is 0. The maximum absolute atomic E-state index is 10.8. The third-order valence-corrected chi connectivity index (χ3v) is 3.81. The molecule has 0 heterocycles. The SMILES string of the molecule is O=CC(CCC(=O)O)NCCCCCCCCCCCC(=O)O. The highest BCUT2D eigenvalue weighted by Gasteiger charge is 2.08. The van der Waals surface area contributed by atoms with Crippen LogP contribution in [0, 0.1) is 0 Å². The summed E-state index contributed by atoms with van der Waals surface area (Å²) in [4.78, 5) is 31.6. The number of unbranched alkanes of at least 4 members (excludes halogenated alkanes) is 8. The minimum Gasteiger partial charge on any atom is -0.481 e. The molecular weight excluding hydrogens is 298 g/mol. The van der Waals surface area contributed by atoms with Gasteiger partial charge in [-0.15, -0.1) is 0 Å². The van der Waals surface area contributed by atoms with Crippen molar-refractivity contribution in [2.24, 2.45) is 0 Å². The second-order valence-corrected chi connectivity index (χ2v) is 5.95. The molecule has 0 spiro atoms. The lowest BCUT2D eigenvalue weighted by Crippen LogP contribution is -2.31.